The summed E-state index contributed by atoms with van der Waals surface area (Å²) in [6.07, 6.45) is 11.2. The Kier molecular flexibility index (Phi) is 23.5. The van der Waals surface area contributed by atoms with E-state index in [0.717, 1.165) is 12.1 Å². The second-order valence-electron chi connectivity index (χ2n) is 21.5. The van der Waals surface area contributed by atoms with Gasteiger partial charge in [-0.25, -0.2) is 4.79 Å². The third-order valence-electron chi connectivity index (χ3n) is 15.5. The van der Waals surface area contributed by atoms with Crippen molar-refractivity contribution in [3.8, 4) is 0 Å². The third-order valence-corrected chi connectivity index (χ3v) is 19.7. The smallest absolute Gasteiger partial charge is 0.335 e. The van der Waals surface area contributed by atoms with Gasteiger partial charge < -0.3 is 43.1 Å². The van der Waals surface area contributed by atoms with Crippen LogP contribution in [0.15, 0.2) is 116 Å². The minimum Gasteiger partial charge on any atom is -0.383 e. The zero-order valence-electron chi connectivity index (χ0n) is 49.5. The molecule has 4 aromatic carbocycles. The zero-order valence-corrected chi connectivity index (χ0v) is 53.5. The van der Waals surface area contributed by atoms with Crippen LogP contribution in [0.1, 0.15) is 63.5 Å². The van der Waals surface area contributed by atoms with Crippen molar-refractivity contribution in [1.82, 2.24) is 5.06 Å². The summed E-state index contributed by atoms with van der Waals surface area (Å²) in [5.74, 6) is -2.92. The maximum absolute atomic E-state index is 13.0. The first-order chi connectivity index (χ1) is 42.3. The molecule has 3 aliphatic heterocycles. The molecule has 28 nitrogen and oxygen atoms in total. The lowest BCUT2D eigenvalue weighted by Crippen LogP contribution is -2.43. The average Bonchev–Trinajstić information content (AvgIpc) is 1.53. The number of imide groups is 1. The van der Waals surface area contributed by atoms with Gasteiger partial charge in [0.1, 0.15) is 9.79 Å². The van der Waals surface area contributed by atoms with Gasteiger partial charge in [0.25, 0.3) is 62.4 Å². The van der Waals surface area contributed by atoms with Gasteiger partial charge in [0.15, 0.2) is 0 Å². The predicted octanol–water partition coefficient (Wildman–Crippen LogP) is 5.17. The SMILES string of the molecule is COCCOCCOCCOCCC1(C)\C(=C/C=C/C=C/C=C/C2N(CCOC)c3ccc4c(S(=O)(=O)O)cc(S(=O)(=O)O)cc4c3C2(C)CCCS(=O)(=O)O)N(CCOCCC(=O)ON2C(=O)CCC2=O)c2ccc3c(S(=O)(=O)O)cc(S(=O)(=O)O)cc3c21. The van der Waals surface area contributed by atoms with E-state index in [-0.39, 0.29) is 119 Å². The summed E-state index contributed by atoms with van der Waals surface area (Å²) < 4.78 is 211. The van der Waals surface area contributed by atoms with Crippen LogP contribution < -0.4 is 9.80 Å². The first-order valence-corrected chi connectivity index (χ1v) is 35.3. The largest absolute Gasteiger partial charge is 0.383 e. The van der Waals surface area contributed by atoms with Crippen LogP contribution in [0.4, 0.5) is 11.4 Å². The molecule has 1 saturated heterocycles. The molecule has 3 aliphatic rings. The standard InChI is InChI=1S/C57H71N3O25S5/c1-56(20-10-34-86(64,65)66)49(58(22-26-79-3)45-15-13-41-43(54(45)56)35-39(87(67,68)69)37-47(41)89(73,74)75)11-8-6-5-7-9-12-50-57(2,21-25-82-30-31-84-33-32-83-29-28-80-4)55-44-36-40(88(70,71)72)38-48(90(76,77)78)42(44)14-16-46(55)59(50)23-27-81-24-19-53(63)85-60-51(61)17-18-52(60)62/h5-9,11-16,35-38,49H,10,17-34H2,1-4H3,(H,64,65,66)(H,67,68,69)(H,70,71,72)(H,73,74,75)(H,76,77,78)/b6-5+,9-7+,11-8+,50-12+. The van der Waals surface area contributed by atoms with Gasteiger partial charge in [0.05, 0.1) is 87.5 Å². The van der Waals surface area contributed by atoms with E-state index in [1.165, 1.54) is 19.2 Å². The Bertz CT molecular complexity index is 4060. The van der Waals surface area contributed by atoms with E-state index in [2.05, 4.69) is 0 Å². The Labute approximate surface area is 521 Å². The van der Waals surface area contributed by atoms with E-state index in [1.807, 2.05) is 4.90 Å². The molecule has 0 aliphatic carbocycles. The van der Waals surface area contributed by atoms with Crippen molar-refractivity contribution in [1.29, 1.82) is 0 Å². The molecule has 0 radical (unpaired) electrons. The summed E-state index contributed by atoms with van der Waals surface area (Å²) in [7, 11) is -21.9. The van der Waals surface area contributed by atoms with Crippen LogP contribution in [0.5, 0.6) is 0 Å². The van der Waals surface area contributed by atoms with Gasteiger partial charge in [-0.1, -0.05) is 55.5 Å². The number of nitrogens with zero attached hydrogens (tertiary/aromatic N) is 3. The molecule has 3 heterocycles. The Morgan fingerprint density at radius 2 is 1.08 bits per heavy atom. The van der Waals surface area contributed by atoms with E-state index in [9.17, 15) is 79.2 Å². The number of anilines is 2. The summed E-state index contributed by atoms with van der Waals surface area (Å²) >= 11 is 0. The van der Waals surface area contributed by atoms with Crippen molar-refractivity contribution >= 4 is 101 Å². The number of hydrogen-bond donors (Lipinski definition) is 5. The van der Waals surface area contributed by atoms with Gasteiger partial charge in [-0.15, -0.1) is 5.06 Å². The molecule has 7 rings (SSSR count). The number of carbonyl (C=O) groups excluding carboxylic acids is 3. The molecule has 1 fully saturated rings. The molecule has 3 unspecified atom stereocenters. The van der Waals surface area contributed by atoms with Crippen LogP contribution in [0.25, 0.3) is 21.5 Å². The lowest BCUT2D eigenvalue weighted by Gasteiger charge is -2.35. The van der Waals surface area contributed by atoms with Crippen molar-refractivity contribution in [2.24, 2.45) is 0 Å². The minimum absolute atomic E-state index is 0.00231. The third kappa shape index (κ3) is 17.1. The quantitative estimate of drug-likeness (QED) is 0.0174. The molecule has 33 heteroatoms. The second-order valence-corrected chi connectivity index (χ2v) is 28.7. The Hall–Kier alpha value is -6.12. The fraction of sp³-hybridized carbons (Fsp3) is 0.456. The highest BCUT2D eigenvalue weighted by Gasteiger charge is 2.48. The van der Waals surface area contributed by atoms with Crippen LogP contribution in [0.2, 0.25) is 0 Å². The summed E-state index contributed by atoms with van der Waals surface area (Å²) in [6, 6.07) is 8.56. The molecule has 0 spiro atoms. The van der Waals surface area contributed by atoms with Gasteiger partial charge in [0.2, 0.25) is 0 Å². The first-order valence-electron chi connectivity index (χ1n) is 28.0. The number of hydrogen-bond acceptors (Lipinski definition) is 22. The van der Waals surface area contributed by atoms with E-state index in [4.69, 9.17) is 33.3 Å². The molecule has 4 aromatic rings. The zero-order chi connectivity index (χ0) is 66.0. The average molecular weight is 1360 g/mol. The number of rotatable bonds is 34. The number of ether oxygens (including phenoxy) is 6. The maximum Gasteiger partial charge on any atom is 0.335 e. The van der Waals surface area contributed by atoms with Gasteiger partial charge in [0, 0.05) is 85.4 Å². The molecule has 2 amide bonds. The van der Waals surface area contributed by atoms with Crippen LogP contribution in [0, 0.1) is 0 Å². The van der Waals surface area contributed by atoms with Crippen molar-refractivity contribution in [3.05, 3.63) is 108 Å². The first kappa shape index (κ1) is 71.3. The second kappa shape index (κ2) is 29.7. The van der Waals surface area contributed by atoms with Crippen molar-refractivity contribution in [2.75, 3.05) is 109 Å². The normalized spacial score (nSPS) is 19.8. The minimum atomic E-state index is -5.14. The highest BCUT2D eigenvalue weighted by molar-refractivity contribution is 7.87. The van der Waals surface area contributed by atoms with E-state index < -0.39 is 111 Å². The van der Waals surface area contributed by atoms with Gasteiger partial charge >= 0.3 is 5.97 Å². The highest BCUT2D eigenvalue weighted by atomic mass is 32.2. The monoisotopic (exact) mass is 1360 g/mol. The maximum atomic E-state index is 13.0. The molecular formula is C57H71N3O25S5. The molecule has 5 N–H and O–H groups in total. The van der Waals surface area contributed by atoms with Crippen molar-refractivity contribution in [3.63, 3.8) is 0 Å². The van der Waals surface area contributed by atoms with Gasteiger partial charge in [-0.05, 0) is 90.6 Å². The lowest BCUT2D eigenvalue weighted by atomic mass is 9.73. The molecular weight excluding hydrogens is 1290 g/mol. The number of amides is 2. The van der Waals surface area contributed by atoms with Crippen LogP contribution >= 0.6 is 0 Å². The molecule has 0 bridgehead atoms. The highest BCUT2D eigenvalue weighted by Crippen LogP contribution is 2.55. The summed E-state index contributed by atoms with van der Waals surface area (Å²) in [6.45, 7) is 5.21. The van der Waals surface area contributed by atoms with E-state index in [1.54, 1.807) is 80.5 Å². The predicted molar refractivity (Wildman–Crippen MR) is 325 cm³/mol. The Balaban J connectivity index is 1.28. The molecule has 494 valence electrons. The number of carbonyl (C=O) groups is 3. The Morgan fingerprint density at radius 1 is 0.567 bits per heavy atom. The lowest BCUT2D eigenvalue weighted by molar-refractivity contribution is -0.198. The van der Waals surface area contributed by atoms with Crippen LogP contribution in [-0.4, -0.2) is 193 Å². The fourth-order valence-electron chi connectivity index (χ4n) is 11.4. The Morgan fingerprint density at radius 3 is 1.62 bits per heavy atom. The number of allylic oxidation sites excluding steroid dienone is 7. The topological polar surface area (TPSA) is 397 Å². The van der Waals surface area contributed by atoms with E-state index in [0.29, 0.717) is 65.2 Å². The fourth-order valence-corrected chi connectivity index (χ4v) is 14.6. The van der Waals surface area contributed by atoms with Gasteiger partial charge in [-0.2, -0.15) is 42.1 Å². The molecule has 3 atom stereocenters. The number of benzene rings is 4. The summed E-state index contributed by atoms with van der Waals surface area (Å²) in [5.41, 5.74) is -0.379. The number of methoxy groups -OCH3 is 2. The molecule has 0 aromatic heterocycles. The van der Waals surface area contributed by atoms with Crippen LogP contribution in [-0.2, 0) is 109 Å². The number of fused-ring (bicyclic) bond motifs is 6. The van der Waals surface area contributed by atoms with Gasteiger partial charge in [-0.3, -0.25) is 32.4 Å². The van der Waals surface area contributed by atoms with Crippen molar-refractivity contribution < 1.29 is 112 Å². The number of hydroxylamine groups is 2. The summed E-state index contributed by atoms with van der Waals surface area (Å²) in [4.78, 5) is 42.1. The van der Waals surface area contributed by atoms with Crippen LogP contribution in [0.3, 0.4) is 0 Å². The summed E-state index contributed by atoms with van der Waals surface area (Å²) in [5, 5.41) is 0.251. The molecule has 0 saturated carbocycles. The van der Waals surface area contributed by atoms with E-state index >= 15 is 0 Å². The van der Waals surface area contributed by atoms with Crippen molar-refractivity contribution in [2.45, 2.75) is 88.8 Å². The molecule has 90 heavy (non-hydrogen) atoms.